The van der Waals surface area contributed by atoms with Crippen LogP contribution in [-0.2, 0) is 16.2 Å². The number of carbonyl (C=O) groups excluding carboxylic acids is 2. The Kier molecular flexibility index (Phi) is 6.67. The Morgan fingerprint density at radius 1 is 1.12 bits per heavy atom. The molecule has 0 bridgehead atoms. The van der Waals surface area contributed by atoms with Crippen LogP contribution in [0, 0.1) is 5.82 Å². The van der Waals surface area contributed by atoms with E-state index < -0.39 is 11.8 Å². The lowest BCUT2D eigenvalue weighted by atomic mass is 10.2. The Bertz CT molecular complexity index is 807. The molecule has 0 atom stereocenters. The molecule has 8 heteroatoms. The van der Waals surface area contributed by atoms with Crippen LogP contribution in [0.5, 0.6) is 11.5 Å². The summed E-state index contributed by atoms with van der Waals surface area (Å²) in [6.45, 7) is 0.256. The molecule has 0 aliphatic rings. The first kappa shape index (κ1) is 18.9. The number of hydrogen-bond acceptors (Lipinski definition) is 5. The number of hydrazone groups is 1. The number of likely N-dealkylation sites (N-methyl/N-ethyl adjacent to an activating group) is 1. The Hall–Kier alpha value is -3.42. The van der Waals surface area contributed by atoms with Gasteiger partial charge in [0.1, 0.15) is 12.4 Å². The molecule has 2 N–H and O–H groups in total. The predicted octanol–water partition coefficient (Wildman–Crippen LogP) is 1.61. The van der Waals surface area contributed by atoms with Crippen molar-refractivity contribution in [1.29, 1.82) is 0 Å². The topological polar surface area (TPSA) is 89.0 Å². The number of ether oxygens (including phenoxy) is 2. The predicted molar refractivity (Wildman–Crippen MR) is 93.5 cm³/mol. The molecule has 0 aliphatic carbocycles. The van der Waals surface area contributed by atoms with Crippen molar-refractivity contribution < 1.29 is 23.5 Å². The summed E-state index contributed by atoms with van der Waals surface area (Å²) in [6, 6.07) is 11.1. The average molecular weight is 359 g/mol. The third-order valence-corrected chi connectivity index (χ3v) is 3.31. The molecule has 0 spiro atoms. The van der Waals surface area contributed by atoms with Crippen molar-refractivity contribution in [3.63, 3.8) is 0 Å². The van der Waals surface area contributed by atoms with Gasteiger partial charge in [-0.1, -0.05) is 12.1 Å². The lowest BCUT2D eigenvalue weighted by Crippen LogP contribution is -2.35. The van der Waals surface area contributed by atoms with Crippen LogP contribution in [0.2, 0.25) is 0 Å². The maximum absolute atomic E-state index is 12.9. The molecule has 0 aliphatic heterocycles. The molecule has 2 aromatic rings. The van der Waals surface area contributed by atoms with Crippen molar-refractivity contribution in [2.75, 3.05) is 14.2 Å². The smallest absolute Gasteiger partial charge is 0.329 e. The molecule has 0 aromatic heterocycles. The molecule has 2 aromatic carbocycles. The molecule has 136 valence electrons. The Balaban J connectivity index is 2.01. The molecule has 7 nitrogen and oxygen atoms in total. The van der Waals surface area contributed by atoms with Crippen molar-refractivity contribution in [3.8, 4) is 11.5 Å². The quantitative estimate of drug-likeness (QED) is 0.466. The highest BCUT2D eigenvalue weighted by atomic mass is 19.1. The van der Waals surface area contributed by atoms with Gasteiger partial charge in [0.05, 0.1) is 13.3 Å². The Morgan fingerprint density at radius 3 is 2.50 bits per heavy atom. The zero-order valence-electron chi connectivity index (χ0n) is 14.3. The van der Waals surface area contributed by atoms with Gasteiger partial charge in [-0.05, 0) is 41.5 Å². The zero-order chi connectivity index (χ0) is 18.9. The van der Waals surface area contributed by atoms with Gasteiger partial charge in [-0.3, -0.25) is 9.59 Å². The van der Waals surface area contributed by atoms with Gasteiger partial charge in [0.2, 0.25) is 0 Å². The molecular weight excluding hydrogens is 341 g/mol. The van der Waals surface area contributed by atoms with Gasteiger partial charge in [0.25, 0.3) is 0 Å². The van der Waals surface area contributed by atoms with E-state index in [-0.39, 0.29) is 12.4 Å². The minimum Gasteiger partial charge on any atom is -0.493 e. The highest BCUT2D eigenvalue weighted by Gasteiger charge is 2.09. The summed E-state index contributed by atoms with van der Waals surface area (Å²) in [6.07, 6.45) is 1.37. The molecule has 0 unspecified atom stereocenters. The van der Waals surface area contributed by atoms with Crippen LogP contribution in [0.25, 0.3) is 0 Å². The monoisotopic (exact) mass is 359 g/mol. The number of nitrogens with zero attached hydrogens (tertiary/aromatic N) is 1. The van der Waals surface area contributed by atoms with Gasteiger partial charge in [-0.25, -0.2) is 9.82 Å². The van der Waals surface area contributed by atoms with Gasteiger partial charge in [0, 0.05) is 7.05 Å². The standard InChI is InChI=1S/C18H18FN3O4/c1-20-17(23)18(24)22-21-10-13-5-8-15(16(9-13)25-2)26-11-12-3-6-14(19)7-4-12/h3-10H,11H2,1-2H3,(H,20,23)(H,22,24)/b21-10-. The first-order valence-corrected chi connectivity index (χ1v) is 7.64. The molecule has 0 saturated heterocycles. The summed E-state index contributed by atoms with van der Waals surface area (Å²) in [4.78, 5) is 22.3. The van der Waals surface area contributed by atoms with E-state index in [9.17, 15) is 14.0 Å². The maximum atomic E-state index is 12.9. The van der Waals surface area contributed by atoms with Crippen molar-refractivity contribution in [2.24, 2.45) is 5.10 Å². The number of halogens is 1. The van der Waals surface area contributed by atoms with Crippen LogP contribution in [0.4, 0.5) is 4.39 Å². The van der Waals surface area contributed by atoms with Gasteiger partial charge < -0.3 is 14.8 Å². The molecule has 0 heterocycles. The van der Waals surface area contributed by atoms with E-state index in [4.69, 9.17) is 9.47 Å². The summed E-state index contributed by atoms with van der Waals surface area (Å²) < 4.78 is 23.9. The van der Waals surface area contributed by atoms with Crippen LogP contribution >= 0.6 is 0 Å². The number of benzene rings is 2. The van der Waals surface area contributed by atoms with Crippen molar-refractivity contribution in [2.45, 2.75) is 6.61 Å². The van der Waals surface area contributed by atoms with Gasteiger partial charge in [-0.2, -0.15) is 5.10 Å². The lowest BCUT2D eigenvalue weighted by Gasteiger charge is -2.11. The number of hydrogen-bond donors (Lipinski definition) is 2. The minimum absolute atomic E-state index is 0.256. The summed E-state index contributed by atoms with van der Waals surface area (Å²) in [5.41, 5.74) is 3.55. The highest BCUT2D eigenvalue weighted by molar-refractivity contribution is 6.34. The van der Waals surface area contributed by atoms with Crippen LogP contribution in [0.15, 0.2) is 47.6 Å². The number of nitrogens with one attached hydrogen (secondary N) is 2. The second-order valence-electron chi connectivity index (χ2n) is 5.10. The van der Waals surface area contributed by atoms with Crippen molar-refractivity contribution in [1.82, 2.24) is 10.7 Å². The molecule has 26 heavy (non-hydrogen) atoms. The Labute approximate surface area is 149 Å². The fourth-order valence-corrected chi connectivity index (χ4v) is 1.96. The fourth-order valence-electron chi connectivity index (χ4n) is 1.96. The average Bonchev–Trinajstić information content (AvgIpc) is 2.67. The van der Waals surface area contributed by atoms with E-state index in [2.05, 4.69) is 15.8 Å². The van der Waals surface area contributed by atoms with Crippen LogP contribution < -0.4 is 20.2 Å². The van der Waals surface area contributed by atoms with Crippen LogP contribution in [0.1, 0.15) is 11.1 Å². The first-order valence-electron chi connectivity index (χ1n) is 7.64. The molecule has 0 radical (unpaired) electrons. The van der Waals surface area contributed by atoms with Gasteiger partial charge in [-0.15, -0.1) is 0 Å². The molecular formula is C18H18FN3O4. The van der Waals surface area contributed by atoms with E-state index in [1.165, 1.54) is 32.5 Å². The third-order valence-electron chi connectivity index (χ3n) is 3.31. The van der Waals surface area contributed by atoms with Crippen molar-refractivity contribution in [3.05, 3.63) is 59.4 Å². The molecule has 2 amide bonds. The van der Waals surface area contributed by atoms with E-state index in [1.54, 1.807) is 30.3 Å². The fraction of sp³-hybridized carbons (Fsp3) is 0.167. The summed E-state index contributed by atoms with van der Waals surface area (Å²) in [5, 5.41) is 5.89. The minimum atomic E-state index is -0.866. The van der Waals surface area contributed by atoms with Gasteiger partial charge >= 0.3 is 11.8 Å². The van der Waals surface area contributed by atoms with E-state index >= 15 is 0 Å². The molecule has 0 fully saturated rings. The summed E-state index contributed by atoms with van der Waals surface area (Å²) in [7, 11) is 2.84. The number of amides is 2. The normalized spacial score (nSPS) is 10.4. The maximum Gasteiger partial charge on any atom is 0.329 e. The SMILES string of the molecule is CNC(=O)C(=O)N/N=C\c1ccc(OCc2ccc(F)cc2)c(OC)c1. The second kappa shape index (κ2) is 9.16. The number of carbonyl (C=O) groups is 2. The van der Waals surface area contributed by atoms with E-state index in [0.717, 1.165) is 5.56 Å². The Morgan fingerprint density at radius 2 is 1.85 bits per heavy atom. The summed E-state index contributed by atoms with van der Waals surface area (Å²) in [5.74, 6) is -0.991. The summed E-state index contributed by atoms with van der Waals surface area (Å²) >= 11 is 0. The largest absolute Gasteiger partial charge is 0.493 e. The third kappa shape index (κ3) is 5.30. The molecule has 2 rings (SSSR count). The number of rotatable bonds is 6. The van der Waals surface area contributed by atoms with Crippen LogP contribution in [0.3, 0.4) is 0 Å². The van der Waals surface area contributed by atoms with Gasteiger partial charge in [0.15, 0.2) is 11.5 Å². The van der Waals surface area contributed by atoms with Crippen LogP contribution in [-0.4, -0.2) is 32.2 Å². The first-order chi connectivity index (χ1) is 12.5. The van der Waals surface area contributed by atoms with E-state index in [0.29, 0.717) is 17.1 Å². The molecule has 0 saturated carbocycles. The second-order valence-corrected chi connectivity index (χ2v) is 5.10. The van der Waals surface area contributed by atoms with E-state index in [1.807, 2.05) is 0 Å². The highest BCUT2D eigenvalue weighted by Crippen LogP contribution is 2.28. The number of methoxy groups -OCH3 is 1. The lowest BCUT2D eigenvalue weighted by molar-refractivity contribution is -0.138. The zero-order valence-corrected chi connectivity index (χ0v) is 14.3. The van der Waals surface area contributed by atoms with Crippen molar-refractivity contribution >= 4 is 18.0 Å².